The van der Waals surface area contributed by atoms with Crippen LogP contribution in [-0.2, 0) is 4.79 Å². The molecule has 1 aliphatic heterocycles. The molecule has 3 heteroatoms. The van der Waals surface area contributed by atoms with E-state index in [0.717, 1.165) is 0 Å². The Morgan fingerprint density at radius 3 is 2.29 bits per heavy atom. The maximum atomic E-state index is 11.2. The third kappa shape index (κ3) is 1.91. The van der Waals surface area contributed by atoms with Gasteiger partial charge in [-0.3, -0.25) is 4.79 Å². The lowest BCUT2D eigenvalue weighted by Crippen LogP contribution is -2.28. The largest absolute Gasteiger partial charge is 0.387 e. The number of carbonyl (C=O) groups excluding carboxylic acids is 1. The number of nitrogens with one attached hydrogen (secondary N) is 1. The second kappa shape index (κ2) is 4.03. The summed E-state index contributed by atoms with van der Waals surface area (Å²) < 4.78 is 0. The molecule has 0 radical (unpaired) electrons. The number of hydrogen-bond donors (Lipinski definition) is 2. The molecule has 1 aliphatic rings. The quantitative estimate of drug-likeness (QED) is 0.714. The van der Waals surface area contributed by atoms with Crippen molar-refractivity contribution < 1.29 is 4.79 Å². The van der Waals surface area contributed by atoms with E-state index in [1.54, 1.807) is 0 Å². The molecular weight excluding hydrogens is 176 g/mol. The lowest BCUT2D eigenvalue weighted by atomic mass is 9.88. The van der Waals surface area contributed by atoms with Gasteiger partial charge in [-0.15, -0.1) is 0 Å². The van der Waals surface area contributed by atoms with Gasteiger partial charge >= 0.3 is 0 Å². The van der Waals surface area contributed by atoms with Crippen molar-refractivity contribution in [3.05, 3.63) is 11.3 Å². The second-order valence-electron chi connectivity index (χ2n) is 4.51. The number of nitrogens with two attached hydrogens (primary N) is 1. The fourth-order valence-electron chi connectivity index (χ4n) is 2.12. The van der Waals surface area contributed by atoms with Crippen LogP contribution >= 0.6 is 0 Å². The van der Waals surface area contributed by atoms with E-state index in [0.29, 0.717) is 18.4 Å². The van der Waals surface area contributed by atoms with Gasteiger partial charge in [0.25, 0.3) is 0 Å². The summed E-state index contributed by atoms with van der Waals surface area (Å²) in [6, 6.07) is 0. The molecule has 1 heterocycles. The Morgan fingerprint density at radius 2 is 1.93 bits per heavy atom. The molecule has 1 atom stereocenters. The van der Waals surface area contributed by atoms with Crippen LogP contribution < -0.4 is 11.1 Å². The normalized spacial score (nSPS) is 22.0. The van der Waals surface area contributed by atoms with Crippen molar-refractivity contribution in [1.29, 1.82) is 0 Å². The highest BCUT2D eigenvalue weighted by atomic mass is 16.1. The van der Waals surface area contributed by atoms with Gasteiger partial charge in [0.15, 0.2) is 0 Å². The molecule has 0 aromatic carbocycles. The molecule has 0 saturated heterocycles. The minimum Gasteiger partial charge on any atom is -0.387 e. The van der Waals surface area contributed by atoms with E-state index in [1.165, 1.54) is 11.3 Å². The summed E-state index contributed by atoms with van der Waals surface area (Å²) in [5.41, 5.74) is 7.79. The van der Waals surface area contributed by atoms with Crippen LogP contribution in [0.1, 0.15) is 27.7 Å². The van der Waals surface area contributed by atoms with Crippen LogP contribution in [0.4, 0.5) is 0 Å². The molecule has 3 N–H and O–H groups in total. The number of rotatable bonds is 3. The molecule has 1 amide bonds. The van der Waals surface area contributed by atoms with Crippen LogP contribution in [0.15, 0.2) is 11.3 Å². The van der Waals surface area contributed by atoms with E-state index < -0.39 is 0 Å². The number of allylic oxidation sites excluding steroid dienone is 1. The third-order valence-corrected chi connectivity index (χ3v) is 2.73. The highest BCUT2D eigenvalue weighted by Crippen LogP contribution is 2.30. The Bertz CT molecular complexity index is 266. The van der Waals surface area contributed by atoms with Crippen LogP contribution in [0.25, 0.3) is 0 Å². The Hall–Kier alpha value is -0.990. The maximum absolute atomic E-state index is 11.2. The standard InChI is InChI=1S/C11H20N2O/c1-6(2)9-8(11(12)14)5-13-10(9)7(3)4/h6-8,13H,5H2,1-4H3,(H2,12,14). The zero-order valence-electron chi connectivity index (χ0n) is 9.42. The first-order chi connectivity index (χ1) is 6.45. The lowest BCUT2D eigenvalue weighted by Gasteiger charge is -2.16. The molecule has 0 aromatic rings. The van der Waals surface area contributed by atoms with E-state index in [1.807, 2.05) is 0 Å². The third-order valence-electron chi connectivity index (χ3n) is 2.73. The smallest absolute Gasteiger partial charge is 0.226 e. The van der Waals surface area contributed by atoms with E-state index in [-0.39, 0.29) is 11.8 Å². The Morgan fingerprint density at radius 1 is 1.36 bits per heavy atom. The number of primary amides is 1. The van der Waals surface area contributed by atoms with Crippen LogP contribution in [0.2, 0.25) is 0 Å². The van der Waals surface area contributed by atoms with Gasteiger partial charge in [-0.2, -0.15) is 0 Å². The molecule has 0 bridgehead atoms. The highest BCUT2D eigenvalue weighted by Gasteiger charge is 2.31. The van der Waals surface area contributed by atoms with Crippen LogP contribution in [0, 0.1) is 17.8 Å². The van der Waals surface area contributed by atoms with Crippen molar-refractivity contribution in [3.8, 4) is 0 Å². The van der Waals surface area contributed by atoms with Crippen molar-refractivity contribution in [2.24, 2.45) is 23.5 Å². The lowest BCUT2D eigenvalue weighted by molar-refractivity contribution is -0.120. The zero-order valence-corrected chi connectivity index (χ0v) is 9.42. The number of amides is 1. The van der Waals surface area contributed by atoms with Gasteiger partial charge in [0.1, 0.15) is 0 Å². The Kier molecular flexibility index (Phi) is 3.19. The summed E-state index contributed by atoms with van der Waals surface area (Å²) in [5, 5.41) is 3.30. The van der Waals surface area contributed by atoms with Crippen molar-refractivity contribution >= 4 is 5.91 Å². The molecule has 1 unspecified atom stereocenters. The maximum Gasteiger partial charge on any atom is 0.226 e. The summed E-state index contributed by atoms with van der Waals surface area (Å²) in [6.07, 6.45) is 0. The van der Waals surface area contributed by atoms with Crippen LogP contribution in [0.3, 0.4) is 0 Å². The molecule has 0 saturated carbocycles. The van der Waals surface area contributed by atoms with Gasteiger partial charge < -0.3 is 11.1 Å². The van der Waals surface area contributed by atoms with Crippen LogP contribution in [0.5, 0.6) is 0 Å². The predicted molar refractivity (Wildman–Crippen MR) is 57.4 cm³/mol. The molecule has 0 aromatic heterocycles. The average Bonchev–Trinajstić information content (AvgIpc) is 2.46. The molecular formula is C11H20N2O. The van der Waals surface area contributed by atoms with Gasteiger partial charge in [-0.25, -0.2) is 0 Å². The zero-order chi connectivity index (χ0) is 10.9. The molecule has 3 nitrogen and oxygen atoms in total. The first-order valence-electron chi connectivity index (χ1n) is 5.22. The Labute approximate surface area is 85.7 Å². The number of hydrogen-bond acceptors (Lipinski definition) is 2. The van der Waals surface area contributed by atoms with Gasteiger partial charge in [0.05, 0.1) is 5.92 Å². The van der Waals surface area contributed by atoms with Gasteiger partial charge in [0, 0.05) is 12.2 Å². The van der Waals surface area contributed by atoms with E-state index in [9.17, 15) is 4.79 Å². The van der Waals surface area contributed by atoms with Gasteiger partial charge in [-0.05, 0) is 17.4 Å². The van der Waals surface area contributed by atoms with Crippen molar-refractivity contribution in [2.75, 3.05) is 6.54 Å². The minimum atomic E-state index is -0.211. The summed E-state index contributed by atoms with van der Waals surface area (Å²) in [6.45, 7) is 9.17. The fraction of sp³-hybridized carbons (Fsp3) is 0.727. The fourth-order valence-corrected chi connectivity index (χ4v) is 2.12. The van der Waals surface area contributed by atoms with Crippen molar-refractivity contribution in [2.45, 2.75) is 27.7 Å². The molecule has 0 aliphatic carbocycles. The molecule has 14 heavy (non-hydrogen) atoms. The first-order valence-corrected chi connectivity index (χ1v) is 5.22. The van der Waals surface area contributed by atoms with E-state index in [2.05, 4.69) is 33.0 Å². The van der Waals surface area contributed by atoms with Gasteiger partial charge in [-0.1, -0.05) is 27.7 Å². The molecule has 0 fully saturated rings. The molecule has 0 spiro atoms. The summed E-state index contributed by atoms with van der Waals surface area (Å²) >= 11 is 0. The first kappa shape index (κ1) is 11.1. The minimum absolute atomic E-state index is 0.104. The summed E-state index contributed by atoms with van der Waals surface area (Å²) in [7, 11) is 0. The topological polar surface area (TPSA) is 55.1 Å². The van der Waals surface area contributed by atoms with Crippen molar-refractivity contribution in [3.63, 3.8) is 0 Å². The molecule has 80 valence electrons. The van der Waals surface area contributed by atoms with Gasteiger partial charge in [0.2, 0.25) is 5.91 Å². The summed E-state index contributed by atoms with van der Waals surface area (Å²) in [5.74, 6) is 0.515. The number of carbonyl (C=O) groups is 1. The van der Waals surface area contributed by atoms with Crippen LogP contribution in [-0.4, -0.2) is 12.5 Å². The van der Waals surface area contributed by atoms with E-state index in [4.69, 9.17) is 5.73 Å². The molecule has 1 rings (SSSR count). The van der Waals surface area contributed by atoms with E-state index >= 15 is 0 Å². The van der Waals surface area contributed by atoms with Crippen molar-refractivity contribution in [1.82, 2.24) is 5.32 Å². The Balaban J connectivity index is 3.02. The summed E-state index contributed by atoms with van der Waals surface area (Å²) in [4.78, 5) is 11.2. The second-order valence-corrected chi connectivity index (χ2v) is 4.51. The predicted octanol–water partition coefficient (Wildman–Crippen LogP) is 1.26. The highest BCUT2D eigenvalue weighted by molar-refractivity contribution is 5.81. The monoisotopic (exact) mass is 196 g/mol. The SMILES string of the molecule is CC(C)C1=C(C(C)C)C(C(N)=O)CN1. The average molecular weight is 196 g/mol.